The van der Waals surface area contributed by atoms with Crippen LogP contribution in [0.1, 0.15) is 46.5 Å². The number of hydrogen-bond acceptors (Lipinski definition) is 11. The van der Waals surface area contributed by atoms with Gasteiger partial charge in [0, 0.05) is 40.7 Å². The van der Waals surface area contributed by atoms with Crippen LogP contribution in [0.4, 0.5) is 4.79 Å². The Morgan fingerprint density at radius 2 is 1.57 bits per heavy atom. The summed E-state index contributed by atoms with van der Waals surface area (Å²) in [4.78, 5) is 65.2. The smallest absolute Gasteiger partial charge is 0.408 e. The zero-order chi connectivity index (χ0) is 28.1. The zero-order valence-electron chi connectivity index (χ0n) is 22.4. The minimum Gasteiger partial charge on any atom is -0.444 e. The molecule has 0 spiro atoms. The molecule has 1 atom stereocenters. The van der Waals surface area contributed by atoms with E-state index in [0.717, 1.165) is 0 Å². The van der Waals surface area contributed by atoms with Crippen LogP contribution < -0.4 is 10.6 Å². The van der Waals surface area contributed by atoms with Crippen molar-refractivity contribution < 1.29 is 52.5 Å². The third-order valence-corrected chi connectivity index (χ3v) is 5.00. The fourth-order valence-corrected chi connectivity index (χ4v) is 3.24. The average Bonchev–Trinajstić information content (AvgIpc) is 3.12. The second-order valence-electron chi connectivity index (χ2n) is 9.38. The lowest BCUT2D eigenvalue weighted by atomic mass is 10.1. The van der Waals surface area contributed by atoms with Gasteiger partial charge in [0.2, 0.25) is 5.91 Å². The second kappa shape index (κ2) is 15.4. The highest BCUT2D eigenvalue weighted by Gasteiger charge is 2.34. The van der Waals surface area contributed by atoms with Crippen molar-refractivity contribution in [2.45, 2.75) is 63.7 Å². The van der Waals surface area contributed by atoms with E-state index in [0.29, 0.717) is 5.06 Å². The molecule has 14 nitrogen and oxygen atoms in total. The van der Waals surface area contributed by atoms with Crippen LogP contribution in [0.15, 0.2) is 0 Å². The molecule has 0 unspecified atom stereocenters. The van der Waals surface area contributed by atoms with Crippen LogP contribution in [0, 0.1) is 0 Å². The first-order valence-electron chi connectivity index (χ1n) is 11.8. The first-order chi connectivity index (χ1) is 17.4. The second-order valence-corrected chi connectivity index (χ2v) is 9.38. The number of hydroxylamine groups is 2. The molecule has 212 valence electrons. The summed E-state index contributed by atoms with van der Waals surface area (Å²) in [6, 6.07) is -1.16. The number of hydrogen-bond donors (Lipinski definition) is 2. The van der Waals surface area contributed by atoms with Gasteiger partial charge in [-0.15, -0.1) is 5.06 Å². The summed E-state index contributed by atoms with van der Waals surface area (Å²) in [7, 11) is 4.56. The fraction of sp³-hybridized carbons (Fsp3) is 0.783. The number of nitrogens with one attached hydrogen (secondary N) is 2. The number of alkyl carbamates (subject to hydrolysis) is 1. The molecule has 1 aliphatic heterocycles. The van der Waals surface area contributed by atoms with Crippen molar-refractivity contribution in [1.29, 1.82) is 0 Å². The molecule has 1 rings (SSSR count). The number of carbonyl (C=O) groups is 5. The number of rotatable bonds is 16. The molecule has 0 saturated carbocycles. The fourth-order valence-electron chi connectivity index (χ4n) is 3.24. The predicted octanol–water partition coefficient (Wildman–Crippen LogP) is 0.0779. The summed E-state index contributed by atoms with van der Waals surface area (Å²) in [6.07, 6.45) is -1.46. The molecule has 14 heteroatoms. The topological polar surface area (TPSA) is 168 Å². The van der Waals surface area contributed by atoms with Gasteiger partial charge < -0.3 is 39.2 Å². The lowest BCUT2D eigenvalue weighted by Crippen LogP contribution is -2.49. The summed E-state index contributed by atoms with van der Waals surface area (Å²) < 4.78 is 26.6. The highest BCUT2D eigenvalue weighted by molar-refractivity contribution is 6.01. The molecule has 0 aromatic carbocycles. The largest absolute Gasteiger partial charge is 0.444 e. The molecule has 1 fully saturated rings. The summed E-state index contributed by atoms with van der Waals surface area (Å²) in [5.74, 6) is -2.73. The van der Waals surface area contributed by atoms with E-state index in [4.69, 9.17) is 28.5 Å². The van der Waals surface area contributed by atoms with Gasteiger partial charge in [-0.3, -0.25) is 14.4 Å². The maximum absolute atomic E-state index is 12.8. The highest BCUT2D eigenvalue weighted by Crippen LogP contribution is 2.14. The van der Waals surface area contributed by atoms with Crippen molar-refractivity contribution in [3.63, 3.8) is 0 Å². The summed E-state index contributed by atoms with van der Waals surface area (Å²) in [5, 5.41) is 5.47. The SMILES string of the molecule is COCC(COC)(COCCNC(=O)[C@H](CCC(=O)ON1C(=O)CCC1=O)NC(=O)OC(C)(C)C)OC. The molecule has 1 aliphatic rings. The Kier molecular flexibility index (Phi) is 13.4. The van der Waals surface area contributed by atoms with Gasteiger partial charge >= 0.3 is 12.1 Å². The number of carbonyl (C=O) groups excluding carboxylic acids is 5. The van der Waals surface area contributed by atoms with E-state index >= 15 is 0 Å². The maximum atomic E-state index is 12.8. The van der Waals surface area contributed by atoms with E-state index in [1.807, 2.05) is 0 Å². The predicted molar refractivity (Wildman–Crippen MR) is 127 cm³/mol. The van der Waals surface area contributed by atoms with Gasteiger partial charge in [0.1, 0.15) is 17.2 Å². The number of ether oxygens (including phenoxy) is 5. The van der Waals surface area contributed by atoms with Crippen molar-refractivity contribution in [3.8, 4) is 0 Å². The van der Waals surface area contributed by atoms with Gasteiger partial charge in [0.25, 0.3) is 11.8 Å². The molecule has 1 saturated heterocycles. The Balaban J connectivity index is 2.65. The van der Waals surface area contributed by atoms with Gasteiger partial charge in [0.05, 0.1) is 32.8 Å². The molecule has 37 heavy (non-hydrogen) atoms. The normalized spacial score (nSPS) is 14.9. The monoisotopic (exact) mass is 533 g/mol. The number of methoxy groups -OCH3 is 3. The Morgan fingerprint density at radius 1 is 0.973 bits per heavy atom. The van der Waals surface area contributed by atoms with Gasteiger partial charge in [-0.1, -0.05) is 0 Å². The molecule has 2 N–H and O–H groups in total. The molecule has 0 radical (unpaired) electrons. The van der Waals surface area contributed by atoms with Gasteiger partial charge in [0.15, 0.2) is 0 Å². The van der Waals surface area contributed by atoms with Crippen LogP contribution in [-0.4, -0.2) is 106 Å². The zero-order valence-corrected chi connectivity index (χ0v) is 22.4. The van der Waals surface area contributed by atoms with Crippen molar-refractivity contribution >= 4 is 29.8 Å². The minimum atomic E-state index is -1.16. The summed E-state index contributed by atoms with van der Waals surface area (Å²) in [6.45, 7) is 5.79. The average molecular weight is 534 g/mol. The van der Waals surface area contributed by atoms with Crippen LogP contribution in [0.25, 0.3) is 0 Å². The van der Waals surface area contributed by atoms with E-state index in [-0.39, 0.29) is 58.7 Å². The summed E-state index contributed by atoms with van der Waals surface area (Å²) in [5.41, 5.74) is -1.63. The highest BCUT2D eigenvalue weighted by atomic mass is 16.7. The van der Waals surface area contributed by atoms with Crippen molar-refractivity contribution in [2.24, 2.45) is 0 Å². The maximum Gasteiger partial charge on any atom is 0.408 e. The molecule has 0 bridgehead atoms. The first-order valence-corrected chi connectivity index (χ1v) is 11.8. The van der Waals surface area contributed by atoms with Gasteiger partial charge in [-0.05, 0) is 27.2 Å². The minimum absolute atomic E-state index is 0.0398. The van der Waals surface area contributed by atoms with E-state index in [2.05, 4.69) is 10.6 Å². The Hall–Kier alpha value is -2.81. The molecular formula is C23H39N3O11. The van der Waals surface area contributed by atoms with Crippen LogP contribution >= 0.6 is 0 Å². The Labute approximate surface area is 216 Å². The number of amides is 4. The molecule has 0 aromatic heterocycles. The first kappa shape index (κ1) is 32.2. The van der Waals surface area contributed by atoms with Crippen LogP contribution in [-0.2, 0) is 47.7 Å². The molecule has 0 aromatic rings. The molecule has 0 aliphatic carbocycles. The van der Waals surface area contributed by atoms with E-state index in [9.17, 15) is 24.0 Å². The third-order valence-electron chi connectivity index (χ3n) is 5.00. The quantitative estimate of drug-likeness (QED) is 0.204. The van der Waals surface area contributed by atoms with E-state index < -0.39 is 47.0 Å². The Morgan fingerprint density at radius 3 is 2.08 bits per heavy atom. The van der Waals surface area contributed by atoms with Crippen LogP contribution in [0.5, 0.6) is 0 Å². The Bertz CT molecular complexity index is 775. The molecular weight excluding hydrogens is 494 g/mol. The standard InChI is InChI=1S/C23H39N3O11/c1-22(2,3)36-21(31)25-16(7-10-19(29)37-26-17(27)8-9-18(26)28)20(30)24-11-12-35-15-23(34-6,13-32-4)14-33-5/h16H,7-15H2,1-6H3,(H,24,30)(H,25,31)/t16-/m0/s1. The number of nitrogens with zero attached hydrogens (tertiary/aromatic N) is 1. The lowest BCUT2D eigenvalue weighted by Gasteiger charge is -2.30. The van der Waals surface area contributed by atoms with E-state index in [1.165, 1.54) is 21.3 Å². The molecule has 4 amide bonds. The van der Waals surface area contributed by atoms with Crippen molar-refractivity contribution in [2.75, 3.05) is 54.3 Å². The molecule has 1 heterocycles. The van der Waals surface area contributed by atoms with Crippen molar-refractivity contribution in [3.05, 3.63) is 0 Å². The van der Waals surface area contributed by atoms with Gasteiger partial charge in [-0.25, -0.2) is 9.59 Å². The van der Waals surface area contributed by atoms with Crippen molar-refractivity contribution in [1.82, 2.24) is 15.7 Å². The van der Waals surface area contributed by atoms with E-state index in [1.54, 1.807) is 20.8 Å². The van der Waals surface area contributed by atoms with Crippen LogP contribution in [0.3, 0.4) is 0 Å². The summed E-state index contributed by atoms with van der Waals surface area (Å²) >= 11 is 0. The third kappa shape index (κ3) is 11.9. The van der Waals surface area contributed by atoms with Gasteiger partial charge in [-0.2, -0.15) is 0 Å². The lowest BCUT2D eigenvalue weighted by molar-refractivity contribution is -0.197. The number of imide groups is 1. The van der Waals surface area contributed by atoms with Crippen LogP contribution in [0.2, 0.25) is 0 Å².